The molecule has 3 heterocycles. The van der Waals surface area contributed by atoms with Crippen LogP contribution in [0.25, 0.3) is 11.0 Å². The molecule has 2 aromatic heterocycles. The van der Waals surface area contributed by atoms with Gasteiger partial charge in [0.05, 0.1) is 24.1 Å². The van der Waals surface area contributed by atoms with Crippen LogP contribution in [-0.4, -0.2) is 28.3 Å². The predicted octanol–water partition coefficient (Wildman–Crippen LogP) is 5.71. The van der Waals surface area contributed by atoms with Crippen molar-refractivity contribution in [1.82, 2.24) is 10.2 Å². The second-order valence-corrected chi connectivity index (χ2v) is 11.0. The Kier molecular flexibility index (Phi) is 6.13. The van der Waals surface area contributed by atoms with Gasteiger partial charge in [-0.3, -0.25) is 14.5 Å². The third-order valence-electron chi connectivity index (χ3n) is 6.35. The van der Waals surface area contributed by atoms with E-state index in [0.29, 0.717) is 31.8 Å². The monoisotopic (exact) mass is 543 g/mol. The first-order valence-corrected chi connectivity index (χ1v) is 13.5. The number of ether oxygens (including phenoxy) is 1. The Morgan fingerprint density at radius 1 is 1.08 bits per heavy atom. The molecule has 8 nitrogen and oxygen atoms in total. The van der Waals surface area contributed by atoms with Gasteiger partial charge in [0, 0.05) is 5.75 Å². The number of aryl methyl sites for hydroxylation is 1. The number of nitrogens with zero attached hydrogens (tertiary/aromatic N) is 3. The number of aromatic hydroxyl groups is 1. The van der Waals surface area contributed by atoms with Crippen LogP contribution in [0.4, 0.5) is 5.13 Å². The van der Waals surface area contributed by atoms with Gasteiger partial charge in [-0.15, -0.1) is 10.2 Å². The molecular weight excluding hydrogens is 522 g/mol. The molecule has 38 heavy (non-hydrogen) atoms. The van der Waals surface area contributed by atoms with Gasteiger partial charge in [-0.1, -0.05) is 71.1 Å². The van der Waals surface area contributed by atoms with Crippen LogP contribution < -0.4 is 15.1 Å². The number of phenols is 1. The van der Waals surface area contributed by atoms with Gasteiger partial charge in [0.15, 0.2) is 21.3 Å². The summed E-state index contributed by atoms with van der Waals surface area (Å²) >= 11 is 2.79. The molecule has 1 atom stereocenters. The Balaban J connectivity index is 1.47. The average Bonchev–Trinajstić information content (AvgIpc) is 3.51. The van der Waals surface area contributed by atoms with Crippen molar-refractivity contribution in [2.45, 2.75) is 23.1 Å². The zero-order chi connectivity index (χ0) is 26.4. The number of carbonyl (C=O) groups is 1. The zero-order valence-corrected chi connectivity index (χ0v) is 22.0. The lowest BCUT2D eigenvalue weighted by Crippen LogP contribution is -2.29. The Hall–Kier alpha value is -4.15. The van der Waals surface area contributed by atoms with Crippen molar-refractivity contribution in [1.29, 1.82) is 0 Å². The third kappa shape index (κ3) is 4.11. The molecule has 1 aliphatic rings. The molecule has 1 N–H and O–H groups in total. The summed E-state index contributed by atoms with van der Waals surface area (Å²) in [6.45, 7) is 1.89. The summed E-state index contributed by atoms with van der Waals surface area (Å²) in [7, 11) is 1.44. The highest BCUT2D eigenvalue weighted by Crippen LogP contribution is 2.44. The van der Waals surface area contributed by atoms with Crippen molar-refractivity contribution in [2.24, 2.45) is 0 Å². The molecule has 1 aliphatic heterocycles. The number of rotatable bonds is 6. The van der Waals surface area contributed by atoms with Crippen molar-refractivity contribution >= 4 is 45.1 Å². The number of methoxy groups -OCH3 is 1. The first-order valence-electron chi connectivity index (χ1n) is 11.7. The van der Waals surface area contributed by atoms with Crippen molar-refractivity contribution in [3.8, 4) is 11.5 Å². The van der Waals surface area contributed by atoms with E-state index in [-0.39, 0.29) is 28.3 Å². The maximum atomic E-state index is 13.8. The van der Waals surface area contributed by atoms with E-state index in [0.717, 1.165) is 11.1 Å². The molecule has 0 fully saturated rings. The molecule has 0 bridgehead atoms. The molecule has 6 rings (SSSR count). The van der Waals surface area contributed by atoms with E-state index in [2.05, 4.69) is 10.2 Å². The van der Waals surface area contributed by atoms with E-state index >= 15 is 0 Å². The summed E-state index contributed by atoms with van der Waals surface area (Å²) in [5.74, 6) is 0.363. The second-order valence-electron chi connectivity index (χ2n) is 8.81. The highest BCUT2D eigenvalue weighted by Gasteiger charge is 2.45. The normalized spacial score (nSPS) is 14.7. The second kappa shape index (κ2) is 9.62. The minimum atomic E-state index is -0.840. The summed E-state index contributed by atoms with van der Waals surface area (Å²) < 4.78 is 12.0. The quantitative estimate of drug-likeness (QED) is 0.214. The fraction of sp³-hybridized carbons (Fsp3) is 0.143. The molecule has 1 unspecified atom stereocenters. The van der Waals surface area contributed by atoms with E-state index in [1.165, 1.54) is 41.2 Å². The Morgan fingerprint density at radius 3 is 2.68 bits per heavy atom. The molecule has 0 saturated carbocycles. The molecule has 3 aromatic carbocycles. The van der Waals surface area contributed by atoms with Crippen LogP contribution in [0.2, 0.25) is 0 Å². The summed E-state index contributed by atoms with van der Waals surface area (Å²) in [6.07, 6.45) is 0. The van der Waals surface area contributed by atoms with Gasteiger partial charge in [0.1, 0.15) is 5.58 Å². The third-order valence-corrected chi connectivity index (χ3v) is 8.48. The zero-order valence-electron chi connectivity index (χ0n) is 20.4. The van der Waals surface area contributed by atoms with Crippen LogP contribution in [0, 0.1) is 6.92 Å². The Labute approximate surface area is 225 Å². The van der Waals surface area contributed by atoms with Gasteiger partial charge in [0.2, 0.25) is 10.9 Å². The van der Waals surface area contributed by atoms with Crippen LogP contribution in [0.15, 0.2) is 80.3 Å². The summed E-state index contributed by atoms with van der Waals surface area (Å²) in [5, 5.41) is 19.5. The Bertz CT molecular complexity index is 1750. The lowest BCUT2D eigenvalue weighted by atomic mass is 9.98. The molecule has 0 aliphatic carbocycles. The fourth-order valence-corrected chi connectivity index (χ4v) is 6.36. The predicted molar refractivity (Wildman–Crippen MR) is 146 cm³/mol. The lowest BCUT2D eigenvalue weighted by Gasteiger charge is -2.22. The molecule has 10 heteroatoms. The first-order chi connectivity index (χ1) is 18.4. The van der Waals surface area contributed by atoms with Gasteiger partial charge in [-0.2, -0.15) is 0 Å². The van der Waals surface area contributed by atoms with Crippen LogP contribution in [-0.2, 0) is 5.75 Å². The number of anilines is 1. The van der Waals surface area contributed by atoms with E-state index in [9.17, 15) is 14.7 Å². The molecule has 0 saturated heterocycles. The number of hydrogen-bond donors (Lipinski definition) is 1. The van der Waals surface area contributed by atoms with Crippen LogP contribution in [0.3, 0.4) is 0 Å². The number of benzene rings is 3. The van der Waals surface area contributed by atoms with Crippen molar-refractivity contribution < 1.29 is 19.1 Å². The molecule has 0 radical (unpaired) electrons. The van der Waals surface area contributed by atoms with Crippen molar-refractivity contribution in [3.63, 3.8) is 0 Å². The van der Waals surface area contributed by atoms with Crippen LogP contribution in [0.5, 0.6) is 11.5 Å². The fourth-order valence-electron chi connectivity index (χ4n) is 4.54. The van der Waals surface area contributed by atoms with Gasteiger partial charge in [-0.25, -0.2) is 0 Å². The number of amides is 1. The highest BCUT2D eigenvalue weighted by atomic mass is 32.2. The van der Waals surface area contributed by atoms with Gasteiger partial charge in [0.25, 0.3) is 5.91 Å². The minimum Gasteiger partial charge on any atom is -0.504 e. The van der Waals surface area contributed by atoms with E-state index in [1.807, 2.05) is 43.3 Å². The minimum absolute atomic E-state index is 0.0305. The number of phenolic OH excluding ortho intramolecular Hbond substituents is 1. The number of hydrogen-bond acceptors (Lipinski definition) is 9. The molecular formula is C28H21N3O5S2. The van der Waals surface area contributed by atoms with Crippen molar-refractivity contribution in [2.75, 3.05) is 12.0 Å². The first kappa shape index (κ1) is 24.2. The van der Waals surface area contributed by atoms with Gasteiger partial charge >= 0.3 is 0 Å². The number of thioether (sulfide) groups is 1. The summed E-state index contributed by atoms with van der Waals surface area (Å²) in [6, 6.07) is 19.2. The van der Waals surface area contributed by atoms with E-state index in [1.54, 1.807) is 24.3 Å². The van der Waals surface area contributed by atoms with Crippen molar-refractivity contribution in [3.05, 3.63) is 105 Å². The van der Waals surface area contributed by atoms with E-state index < -0.39 is 11.9 Å². The molecule has 1 amide bonds. The average molecular weight is 544 g/mol. The SMILES string of the molecule is COc1cc(C2c3c(oc4ccc(C)cc4c3=O)C(=O)N2c2nnc(SCc3ccccc3)s2)ccc1O. The maximum Gasteiger partial charge on any atom is 0.297 e. The van der Waals surface area contributed by atoms with Gasteiger partial charge < -0.3 is 14.3 Å². The largest absolute Gasteiger partial charge is 0.504 e. The molecule has 0 spiro atoms. The Morgan fingerprint density at radius 2 is 1.89 bits per heavy atom. The number of fused-ring (bicyclic) bond motifs is 2. The smallest absolute Gasteiger partial charge is 0.297 e. The van der Waals surface area contributed by atoms with Gasteiger partial charge in [-0.05, 0) is 42.3 Å². The summed E-state index contributed by atoms with van der Waals surface area (Å²) in [4.78, 5) is 29.0. The standard InChI is InChI=1S/C28H21N3O5S2/c1-15-8-11-20-18(12-15)24(33)22-23(17-9-10-19(32)21(13-17)35-2)31(26(34)25(22)36-20)27-29-30-28(38-27)37-14-16-6-4-3-5-7-16/h3-13,23,32H,14H2,1-2H3. The number of carbonyl (C=O) groups excluding carboxylic acids is 1. The highest BCUT2D eigenvalue weighted by molar-refractivity contribution is 8.00. The number of aromatic nitrogens is 2. The summed E-state index contributed by atoms with van der Waals surface area (Å²) in [5.41, 5.74) is 2.88. The maximum absolute atomic E-state index is 13.8. The lowest BCUT2D eigenvalue weighted by molar-refractivity contribution is 0.0970. The van der Waals surface area contributed by atoms with Crippen LogP contribution >= 0.6 is 23.1 Å². The topological polar surface area (TPSA) is 106 Å². The molecule has 190 valence electrons. The van der Waals surface area contributed by atoms with E-state index in [4.69, 9.17) is 9.15 Å². The molecule has 5 aromatic rings. The van der Waals surface area contributed by atoms with Crippen LogP contribution in [0.1, 0.15) is 38.9 Å².